The summed E-state index contributed by atoms with van der Waals surface area (Å²) in [5.41, 5.74) is 10.7. The molecule has 2 aromatic heterocycles. The first-order valence-corrected chi connectivity index (χ1v) is 10.7. The summed E-state index contributed by atoms with van der Waals surface area (Å²) >= 11 is 0. The Morgan fingerprint density at radius 2 is 1.67 bits per heavy atom. The van der Waals surface area contributed by atoms with Crippen molar-refractivity contribution in [2.45, 2.75) is 41.0 Å². The second kappa shape index (κ2) is 7.98. The lowest BCUT2D eigenvalue weighted by Gasteiger charge is -2.11. The maximum Gasteiger partial charge on any atom is 0.213 e. The molecule has 4 aromatic rings. The Bertz CT molecular complexity index is 1220. The average molecular weight is 397 g/mol. The topological polar surface area (TPSA) is 29.7 Å². The molecule has 2 heterocycles. The van der Waals surface area contributed by atoms with Crippen molar-refractivity contribution in [3.8, 4) is 22.5 Å². The summed E-state index contributed by atoms with van der Waals surface area (Å²) < 4.78 is 2.29. The number of hydrogen-bond donors (Lipinski definition) is 0. The lowest BCUT2D eigenvalue weighted by molar-refractivity contribution is -0.633. The number of nitrogens with zero attached hydrogens (tertiary/aromatic N) is 3. The molecule has 0 fully saturated rings. The van der Waals surface area contributed by atoms with Crippen LogP contribution in [0.3, 0.4) is 0 Å². The Balaban J connectivity index is 1.80. The van der Waals surface area contributed by atoms with Gasteiger partial charge in [0.05, 0.1) is 17.6 Å². The standard InChI is InChI=1S/C27H30N3/c1-17(2)11-23-15-29-25(16-28-23)22-8-7-21-9-10-26(30(6)27(21)14-22)24-13-18(3)12-19(4)20(24)5/h7-10,12-17H,11H2,1-6H3/q+1. The van der Waals surface area contributed by atoms with E-state index in [-0.39, 0.29) is 0 Å². The summed E-state index contributed by atoms with van der Waals surface area (Å²) in [5, 5.41) is 1.22. The zero-order chi connectivity index (χ0) is 21.4. The summed E-state index contributed by atoms with van der Waals surface area (Å²) in [6.45, 7) is 11.0. The second-order valence-corrected chi connectivity index (χ2v) is 8.80. The quantitative estimate of drug-likeness (QED) is 0.401. The van der Waals surface area contributed by atoms with Crippen molar-refractivity contribution in [3.63, 3.8) is 0 Å². The van der Waals surface area contributed by atoms with Crippen molar-refractivity contribution in [3.05, 3.63) is 77.2 Å². The van der Waals surface area contributed by atoms with Crippen molar-refractivity contribution in [1.29, 1.82) is 0 Å². The van der Waals surface area contributed by atoms with Gasteiger partial charge in [0.15, 0.2) is 0 Å². The predicted molar refractivity (Wildman–Crippen MR) is 124 cm³/mol. The van der Waals surface area contributed by atoms with Gasteiger partial charge in [0.1, 0.15) is 7.05 Å². The van der Waals surface area contributed by atoms with Crippen molar-refractivity contribution < 1.29 is 4.57 Å². The summed E-state index contributed by atoms with van der Waals surface area (Å²) in [6.07, 6.45) is 4.77. The van der Waals surface area contributed by atoms with Crippen LogP contribution in [0.25, 0.3) is 33.4 Å². The third kappa shape index (κ3) is 3.85. The van der Waals surface area contributed by atoms with Crippen molar-refractivity contribution in [1.82, 2.24) is 9.97 Å². The van der Waals surface area contributed by atoms with Gasteiger partial charge in [0.2, 0.25) is 11.2 Å². The van der Waals surface area contributed by atoms with Crippen LogP contribution in [0.5, 0.6) is 0 Å². The predicted octanol–water partition coefficient (Wildman–Crippen LogP) is 5.91. The molecule has 0 spiro atoms. The van der Waals surface area contributed by atoms with E-state index in [9.17, 15) is 0 Å². The van der Waals surface area contributed by atoms with Crippen LogP contribution >= 0.6 is 0 Å². The number of pyridine rings is 1. The maximum absolute atomic E-state index is 4.68. The summed E-state index contributed by atoms with van der Waals surface area (Å²) in [6, 6.07) is 15.5. The Morgan fingerprint density at radius 1 is 0.900 bits per heavy atom. The van der Waals surface area contributed by atoms with Gasteiger partial charge in [0.25, 0.3) is 0 Å². The van der Waals surface area contributed by atoms with E-state index in [0.717, 1.165) is 23.4 Å². The van der Waals surface area contributed by atoms with Gasteiger partial charge >= 0.3 is 0 Å². The number of aryl methyl sites for hydroxylation is 3. The molecule has 2 aromatic carbocycles. The van der Waals surface area contributed by atoms with E-state index in [1.807, 2.05) is 12.4 Å². The van der Waals surface area contributed by atoms with E-state index < -0.39 is 0 Å². The summed E-state index contributed by atoms with van der Waals surface area (Å²) in [5.74, 6) is 0.581. The lowest BCUT2D eigenvalue weighted by atomic mass is 9.96. The highest BCUT2D eigenvalue weighted by Crippen LogP contribution is 2.28. The van der Waals surface area contributed by atoms with Crippen LogP contribution in [-0.4, -0.2) is 9.97 Å². The van der Waals surface area contributed by atoms with Crippen LogP contribution in [0, 0.1) is 26.7 Å². The largest absolute Gasteiger partial charge is 0.257 e. The fourth-order valence-electron chi connectivity index (χ4n) is 4.15. The van der Waals surface area contributed by atoms with Crippen LogP contribution in [0.1, 0.15) is 36.2 Å². The van der Waals surface area contributed by atoms with Gasteiger partial charge in [-0.05, 0) is 62.4 Å². The molecule has 0 aliphatic carbocycles. The fraction of sp³-hybridized carbons (Fsp3) is 0.296. The van der Waals surface area contributed by atoms with Crippen LogP contribution in [0.2, 0.25) is 0 Å². The summed E-state index contributed by atoms with van der Waals surface area (Å²) in [7, 11) is 2.15. The van der Waals surface area contributed by atoms with Crippen LogP contribution in [-0.2, 0) is 13.5 Å². The average Bonchev–Trinajstić information content (AvgIpc) is 2.71. The first kappa shape index (κ1) is 20.2. The van der Waals surface area contributed by atoms with E-state index in [1.54, 1.807) is 0 Å². The number of hydrogen-bond acceptors (Lipinski definition) is 2. The first-order valence-electron chi connectivity index (χ1n) is 10.7. The Morgan fingerprint density at radius 3 is 2.37 bits per heavy atom. The SMILES string of the molecule is Cc1cc(C)c(C)c(-c2ccc3ccc(-c4cnc(CC(C)C)cn4)cc3[n+]2C)c1. The van der Waals surface area contributed by atoms with Gasteiger partial charge < -0.3 is 0 Å². The van der Waals surface area contributed by atoms with E-state index >= 15 is 0 Å². The van der Waals surface area contributed by atoms with Crippen LogP contribution in [0.4, 0.5) is 0 Å². The highest BCUT2D eigenvalue weighted by atomic mass is 14.9. The molecule has 0 atom stereocenters. The van der Waals surface area contributed by atoms with Crippen molar-refractivity contribution in [2.24, 2.45) is 13.0 Å². The molecule has 0 saturated heterocycles. The molecule has 0 aliphatic heterocycles. The molecule has 0 bridgehead atoms. The molecule has 0 aliphatic rings. The molecule has 3 heteroatoms. The molecule has 0 unspecified atom stereocenters. The molecule has 0 saturated carbocycles. The minimum atomic E-state index is 0.581. The van der Waals surface area contributed by atoms with E-state index in [4.69, 9.17) is 0 Å². The molecule has 4 rings (SSSR count). The molecule has 30 heavy (non-hydrogen) atoms. The van der Waals surface area contributed by atoms with Crippen molar-refractivity contribution >= 4 is 10.9 Å². The summed E-state index contributed by atoms with van der Waals surface area (Å²) in [4.78, 5) is 9.31. The normalized spacial score (nSPS) is 11.4. The number of fused-ring (bicyclic) bond motifs is 1. The first-order chi connectivity index (χ1) is 14.3. The van der Waals surface area contributed by atoms with Gasteiger partial charge in [-0.3, -0.25) is 9.97 Å². The fourth-order valence-corrected chi connectivity index (χ4v) is 4.15. The molecular formula is C27H30N3+. The molecule has 152 valence electrons. The molecule has 0 radical (unpaired) electrons. The molecule has 3 nitrogen and oxygen atoms in total. The van der Waals surface area contributed by atoms with Gasteiger partial charge in [-0.15, -0.1) is 0 Å². The number of benzene rings is 2. The third-order valence-electron chi connectivity index (χ3n) is 5.88. The van der Waals surface area contributed by atoms with Crippen LogP contribution in [0.15, 0.2) is 54.9 Å². The van der Waals surface area contributed by atoms with Gasteiger partial charge in [-0.1, -0.05) is 31.5 Å². The lowest BCUT2D eigenvalue weighted by Crippen LogP contribution is -2.32. The minimum Gasteiger partial charge on any atom is -0.257 e. The maximum atomic E-state index is 4.68. The Labute approximate surface area is 179 Å². The Kier molecular flexibility index (Phi) is 5.38. The third-order valence-corrected chi connectivity index (χ3v) is 5.88. The van der Waals surface area contributed by atoms with E-state index in [0.29, 0.717) is 5.92 Å². The highest BCUT2D eigenvalue weighted by Gasteiger charge is 2.18. The number of aromatic nitrogens is 3. The zero-order valence-corrected chi connectivity index (χ0v) is 18.8. The van der Waals surface area contributed by atoms with Crippen molar-refractivity contribution in [2.75, 3.05) is 0 Å². The minimum absolute atomic E-state index is 0.581. The highest BCUT2D eigenvalue weighted by molar-refractivity contribution is 5.82. The Hall–Kier alpha value is -3.07. The van der Waals surface area contributed by atoms with Gasteiger partial charge in [-0.2, -0.15) is 4.57 Å². The molecular weight excluding hydrogens is 366 g/mol. The van der Waals surface area contributed by atoms with Crippen LogP contribution < -0.4 is 4.57 Å². The second-order valence-electron chi connectivity index (χ2n) is 8.80. The zero-order valence-electron chi connectivity index (χ0n) is 18.8. The van der Waals surface area contributed by atoms with Gasteiger partial charge in [0, 0.05) is 34.8 Å². The smallest absolute Gasteiger partial charge is 0.213 e. The monoisotopic (exact) mass is 396 g/mol. The van der Waals surface area contributed by atoms with E-state index in [1.165, 1.54) is 38.9 Å². The molecule has 0 amide bonds. The number of rotatable bonds is 4. The van der Waals surface area contributed by atoms with E-state index in [2.05, 4.69) is 98.7 Å². The molecule has 0 N–H and O–H groups in total. The van der Waals surface area contributed by atoms with Gasteiger partial charge in [-0.25, -0.2) is 0 Å².